The lowest BCUT2D eigenvalue weighted by Gasteiger charge is -2.21. The summed E-state index contributed by atoms with van der Waals surface area (Å²) in [6, 6.07) is 0. The van der Waals surface area contributed by atoms with Crippen LogP contribution in [-0.2, 0) is 55.8 Å². The number of aliphatic hydroxyl groups is 2. The summed E-state index contributed by atoms with van der Waals surface area (Å²) >= 11 is 0. The SMILES string of the molecule is CC/C=C\C/C=C\C/C=C\C/C=C\C/C=C\CCCCCCCCCCCCCCCCCCCC(=O)OCC(O)COP(=O)(O)OCC(O)COP(=O)(O)OCC(COC(=O)CCCCCCCCC/C=C\C/C=C\C/C=C\CC)OC(=O)CCCCCCCCCCCCCCC. The molecule has 0 radical (unpaired) electrons. The highest BCUT2D eigenvalue weighted by Crippen LogP contribution is 2.45. The maximum absolute atomic E-state index is 12.9. The quantitative estimate of drug-likeness (QED) is 0.0146. The number of carbonyl (C=O) groups is 3. The first-order valence-corrected chi connectivity index (χ1v) is 42.5. The number of hydrogen-bond donors (Lipinski definition) is 4. The highest BCUT2D eigenvalue weighted by atomic mass is 31.2. The number of carbonyl (C=O) groups excluding carboxylic acids is 3. The fraction of sp³-hybridized carbons (Fsp3) is 0.765. The van der Waals surface area contributed by atoms with Crippen molar-refractivity contribution in [3.8, 4) is 0 Å². The van der Waals surface area contributed by atoms with E-state index in [1.807, 2.05) is 0 Å². The summed E-state index contributed by atoms with van der Waals surface area (Å²) in [5, 5.41) is 20.6. The molecule has 0 bridgehead atoms. The van der Waals surface area contributed by atoms with E-state index in [4.69, 9.17) is 32.3 Å². The Morgan fingerprint density at radius 1 is 0.293 bits per heavy atom. The van der Waals surface area contributed by atoms with E-state index in [1.165, 1.54) is 141 Å². The lowest BCUT2D eigenvalue weighted by atomic mass is 10.0. The van der Waals surface area contributed by atoms with Crippen LogP contribution in [0.1, 0.15) is 342 Å². The molecule has 0 aliphatic rings. The Balaban J connectivity index is 4.36. The Morgan fingerprint density at radius 2 is 0.535 bits per heavy atom. The molecule has 5 unspecified atom stereocenters. The van der Waals surface area contributed by atoms with Crippen molar-refractivity contribution in [3.63, 3.8) is 0 Å². The average Bonchev–Trinajstić information content (AvgIpc) is 1.38. The summed E-state index contributed by atoms with van der Waals surface area (Å²) in [5.74, 6) is -1.57. The molecular formula is C81H144O16P2. The van der Waals surface area contributed by atoms with Gasteiger partial charge in [-0.15, -0.1) is 0 Å². The Morgan fingerprint density at radius 3 is 0.848 bits per heavy atom. The van der Waals surface area contributed by atoms with Crippen LogP contribution in [0.2, 0.25) is 0 Å². The van der Waals surface area contributed by atoms with Crippen molar-refractivity contribution >= 4 is 33.6 Å². The number of aliphatic hydroxyl groups excluding tert-OH is 2. The third kappa shape index (κ3) is 75.5. The zero-order valence-corrected chi connectivity index (χ0v) is 64.4. The molecule has 0 amide bonds. The van der Waals surface area contributed by atoms with Gasteiger partial charge in [-0.1, -0.05) is 323 Å². The van der Waals surface area contributed by atoms with Gasteiger partial charge < -0.3 is 34.2 Å². The third-order valence-corrected chi connectivity index (χ3v) is 18.7. The average molecular weight is 1440 g/mol. The van der Waals surface area contributed by atoms with Crippen LogP contribution in [-0.4, -0.2) is 95.9 Å². The largest absolute Gasteiger partial charge is 0.472 e. The molecule has 0 aliphatic heterocycles. The smallest absolute Gasteiger partial charge is 0.463 e. The Labute approximate surface area is 603 Å². The molecule has 0 fully saturated rings. The van der Waals surface area contributed by atoms with Gasteiger partial charge in [-0.05, 0) is 96.3 Å². The second kappa shape index (κ2) is 74.2. The maximum atomic E-state index is 12.9. The summed E-state index contributed by atoms with van der Waals surface area (Å²) in [7, 11) is -9.77. The van der Waals surface area contributed by atoms with Gasteiger partial charge >= 0.3 is 33.6 Å². The van der Waals surface area contributed by atoms with Gasteiger partial charge in [0.2, 0.25) is 0 Å². The van der Waals surface area contributed by atoms with Gasteiger partial charge in [0.05, 0.1) is 26.4 Å². The van der Waals surface area contributed by atoms with Crippen molar-refractivity contribution in [2.75, 3.05) is 39.6 Å². The molecule has 0 aromatic rings. The van der Waals surface area contributed by atoms with Crippen LogP contribution >= 0.6 is 15.6 Å². The molecule has 99 heavy (non-hydrogen) atoms. The molecule has 0 rings (SSSR count). The maximum Gasteiger partial charge on any atom is 0.472 e. The predicted molar refractivity (Wildman–Crippen MR) is 408 cm³/mol. The first-order chi connectivity index (χ1) is 48.2. The lowest BCUT2D eigenvalue weighted by molar-refractivity contribution is -0.161. The number of esters is 3. The molecule has 0 saturated carbocycles. The molecule has 18 heteroatoms. The molecule has 0 aliphatic carbocycles. The van der Waals surface area contributed by atoms with Gasteiger partial charge in [0.1, 0.15) is 25.4 Å². The topological polar surface area (TPSA) is 231 Å². The lowest BCUT2D eigenvalue weighted by Crippen LogP contribution is -2.30. The van der Waals surface area contributed by atoms with Crippen molar-refractivity contribution in [2.45, 2.75) is 360 Å². The number of rotatable bonds is 75. The summed E-state index contributed by atoms with van der Waals surface area (Å²) < 4.78 is 61.1. The molecule has 0 heterocycles. The Hall–Kier alpha value is -3.53. The van der Waals surface area contributed by atoms with E-state index in [-0.39, 0.29) is 19.3 Å². The van der Waals surface area contributed by atoms with Crippen molar-refractivity contribution in [1.82, 2.24) is 0 Å². The summed E-state index contributed by atoms with van der Waals surface area (Å²) in [4.78, 5) is 58.5. The van der Waals surface area contributed by atoms with Crippen LogP contribution in [0.25, 0.3) is 0 Å². The highest BCUT2D eigenvalue weighted by Gasteiger charge is 2.29. The normalized spacial score (nSPS) is 14.5. The number of unbranched alkanes of at least 4 members (excludes halogenated alkanes) is 36. The fourth-order valence-electron chi connectivity index (χ4n) is 10.8. The summed E-state index contributed by atoms with van der Waals surface area (Å²) in [6.45, 7) is 2.48. The van der Waals surface area contributed by atoms with Crippen LogP contribution in [0.4, 0.5) is 0 Å². The Bertz CT molecular complexity index is 2190. The van der Waals surface area contributed by atoms with Crippen molar-refractivity contribution in [3.05, 3.63) is 97.2 Å². The first-order valence-electron chi connectivity index (χ1n) is 39.5. The van der Waals surface area contributed by atoms with Crippen molar-refractivity contribution in [2.24, 2.45) is 0 Å². The molecule has 0 aromatic heterocycles. The zero-order chi connectivity index (χ0) is 72.3. The van der Waals surface area contributed by atoms with Crippen molar-refractivity contribution in [1.29, 1.82) is 0 Å². The van der Waals surface area contributed by atoms with Gasteiger partial charge in [0, 0.05) is 19.3 Å². The molecule has 0 saturated heterocycles. The number of hydrogen-bond acceptors (Lipinski definition) is 14. The van der Waals surface area contributed by atoms with E-state index >= 15 is 0 Å². The second-order valence-electron chi connectivity index (χ2n) is 26.5. The van der Waals surface area contributed by atoms with Crippen molar-refractivity contribution < 1.29 is 75.8 Å². The Kier molecular flexibility index (Phi) is 71.6. The molecule has 4 N–H and O–H groups in total. The van der Waals surface area contributed by atoms with E-state index in [0.717, 1.165) is 141 Å². The van der Waals surface area contributed by atoms with E-state index in [2.05, 4.69) is 118 Å². The van der Waals surface area contributed by atoms with Crippen LogP contribution in [0.5, 0.6) is 0 Å². The molecule has 0 aromatic carbocycles. The monoisotopic (exact) mass is 1430 g/mol. The summed E-state index contributed by atoms with van der Waals surface area (Å²) in [6.07, 6.45) is 84.7. The van der Waals surface area contributed by atoms with Gasteiger partial charge in [-0.3, -0.25) is 32.5 Å². The molecular weight excluding hydrogens is 1290 g/mol. The van der Waals surface area contributed by atoms with E-state index in [0.29, 0.717) is 19.3 Å². The minimum absolute atomic E-state index is 0.107. The minimum atomic E-state index is -4.92. The molecule has 0 spiro atoms. The van der Waals surface area contributed by atoms with E-state index in [9.17, 15) is 43.5 Å². The molecule has 574 valence electrons. The van der Waals surface area contributed by atoms with Gasteiger partial charge in [0.15, 0.2) is 6.10 Å². The second-order valence-corrected chi connectivity index (χ2v) is 29.4. The number of phosphoric acid groups is 2. The number of phosphoric ester groups is 2. The fourth-order valence-corrected chi connectivity index (χ4v) is 12.4. The standard InChI is InChI=1S/C81H144O16P2/c1-4-7-10-13-16-19-22-25-27-29-30-31-32-33-34-35-36-37-38-39-40-41-42-43-44-46-48-50-52-55-58-61-64-67-79(84)91-70-76(82)71-93-98(87,88)94-72-77(83)73-95-99(89,90)96-75-78(97-81(86)69-66-63-60-57-54-49-24-21-18-15-12-9-6-3)74-92-80(85)68-65-62-59-56-53-51-47-45-28-26-23-20-17-14-11-8-5-2/h7-8,10-11,16-17,19-20,25-28,30-31,33-34,76-78,82-83H,4-6,9,12-15,18,21-24,29,32,35-75H2,1-3H3,(H,87,88)(H,89,90)/b10-7-,11-8-,19-16-,20-17-,27-25-,28-26-,31-30-,34-33-. The highest BCUT2D eigenvalue weighted by molar-refractivity contribution is 7.47. The molecule has 16 nitrogen and oxygen atoms in total. The third-order valence-electron chi connectivity index (χ3n) is 16.8. The first kappa shape index (κ1) is 95.5. The van der Waals surface area contributed by atoms with Crippen LogP contribution in [0.15, 0.2) is 97.2 Å². The van der Waals surface area contributed by atoms with Gasteiger partial charge in [0.25, 0.3) is 0 Å². The van der Waals surface area contributed by atoms with Crippen LogP contribution in [0, 0.1) is 0 Å². The predicted octanol–water partition coefficient (Wildman–Crippen LogP) is 23.0. The van der Waals surface area contributed by atoms with Gasteiger partial charge in [-0.25, -0.2) is 9.13 Å². The molecule has 5 atom stereocenters. The van der Waals surface area contributed by atoms with Crippen LogP contribution in [0.3, 0.4) is 0 Å². The number of allylic oxidation sites excluding steroid dienone is 16. The number of ether oxygens (including phenoxy) is 3. The van der Waals surface area contributed by atoms with Crippen LogP contribution < -0.4 is 0 Å². The minimum Gasteiger partial charge on any atom is -0.463 e. The van der Waals surface area contributed by atoms with Gasteiger partial charge in [-0.2, -0.15) is 0 Å². The van der Waals surface area contributed by atoms with E-state index in [1.54, 1.807) is 0 Å². The van der Waals surface area contributed by atoms with E-state index < -0.39 is 91.5 Å². The summed E-state index contributed by atoms with van der Waals surface area (Å²) in [5.41, 5.74) is 0. The zero-order valence-electron chi connectivity index (χ0n) is 62.6.